The summed E-state index contributed by atoms with van der Waals surface area (Å²) >= 11 is 0. The van der Waals surface area contributed by atoms with Crippen molar-refractivity contribution in [1.29, 1.82) is 0 Å². The smallest absolute Gasteiger partial charge is 0.338 e. The zero-order valence-corrected chi connectivity index (χ0v) is 10.4. The van der Waals surface area contributed by atoms with E-state index in [1.165, 1.54) is 0 Å². The van der Waals surface area contributed by atoms with Crippen LogP contribution in [0.4, 0.5) is 0 Å². The van der Waals surface area contributed by atoms with Crippen molar-refractivity contribution >= 4 is 12.0 Å². The van der Waals surface area contributed by atoms with Crippen molar-refractivity contribution in [2.24, 2.45) is 0 Å². The zero-order chi connectivity index (χ0) is 12.5. The highest BCUT2D eigenvalue weighted by Gasteiger charge is 2.05. The maximum absolute atomic E-state index is 11.5. The van der Waals surface area contributed by atoms with Crippen LogP contribution in [0.25, 0.3) is 6.08 Å². The second kappa shape index (κ2) is 7.63. The predicted octanol–water partition coefficient (Wildman–Crippen LogP) is 2.49. The first-order chi connectivity index (χ1) is 8.27. The van der Waals surface area contributed by atoms with Crippen molar-refractivity contribution in [2.45, 2.75) is 13.3 Å². The molecule has 0 radical (unpaired) electrons. The van der Waals surface area contributed by atoms with Crippen LogP contribution >= 0.6 is 0 Å². The van der Waals surface area contributed by atoms with Gasteiger partial charge in [0.25, 0.3) is 0 Å². The predicted molar refractivity (Wildman–Crippen MR) is 70.0 cm³/mol. The fourth-order valence-corrected chi connectivity index (χ4v) is 1.43. The molecular formula is C14H19NO2. The van der Waals surface area contributed by atoms with E-state index < -0.39 is 0 Å². The molecule has 0 aromatic heterocycles. The molecule has 0 unspecified atom stereocenters. The van der Waals surface area contributed by atoms with Gasteiger partial charge in [-0.05, 0) is 44.6 Å². The molecule has 0 aliphatic carbocycles. The number of ether oxygens (including phenoxy) is 1. The first kappa shape index (κ1) is 13.5. The van der Waals surface area contributed by atoms with Crippen LogP contribution in [0.3, 0.4) is 0 Å². The molecule has 1 aromatic rings. The number of nitrogens with one attached hydrogen (secondary N) is 1. The van der Waals surface area contributed by atoms with Gasteiger partial charge in [0.05, 0.1) is 12.2 Å². The van der Waals surface area contributed by atoms with Crippen LogP contribution in [0.2, 0.25) is 0 Å². The topological polar surface area (TPSA) is 38.3 Å². The highest BCUT2D eigenvalue weighted by molar-refractivity contribution is 5.90. The van der Waals surface area contributed by atoms with Gasteiger partial charge in [-0.25, -0.2) is 4.79 Å². The minimum atomic E-state index is -0.266. The molecule has 0 heterocycles. The number of carbonyl (C=O) groups excluding carboxylic acids is 1. The van der Waals surface area contributed by atoms with Crippen molar-refractivity contribution in [1.82, 2.24) is 5.32 Å². The Morgan fingerprint density at radius 2 is 2.29 bits per heavy atom. The molecule has 0 bridgehead atoms. The van der Waals surface area contributed by atoms with Gasteiger partial charge in [0.1, 0.15) is 0 Å². The van der Waals surface area contributed by atoms with Gasteiger partial charge in [0.15, 0.2) is 0 Å². The van der Waals surface area contributed by atoms with Crippen LogP contribution in [0.5, 0.6) is 0 Å². The molecule has 0 fully saturated rings. The summed E-state index contributed by atoms with van der Waals surface area (Å²) in [6.45, 7) is 3.16. The molecule has 0 aliphatic rings. The summed E-state index contributed by atoms with van der Waals surface area (Å²) in [5.74, 6) is -0.266. The minimum absolute atomic E-state index is 0.266. The molecule has 1 rings (SSSR count). The van der Waals surface area contributed by atoms with Crippen molar-refractivity contribution in [3.05, 3.63) is 41.5 Å². The SMILES string of the molecule is CCOC(=O)c1cccc(C=CCCNC)c1. The molecule has 0 spiro atoms. The largest absolute Gasteiger partial charge is 0.462 e. The third-order valence-corrected chi connectivity index (χ3v) is 2.27. The maximum Gasteiger partial charge on any atom is 0.338 e. The van der Waals surface area contributed by atoms with Gasteiger partial charge < -0.3 is 10.1 Å². The number of rotatable bonds is 6. The lowest BCUT2D eigenvalue weighted by Crippen LogP contribution is -2.05. The monoisotopic (exact) mass is 233 g/mol. The van der Waals surface area contributed by atoms with Gasteiger partial charge in [0, 0.05) is 0 Å². The highest BCUT2D eigenvalue weighted by atomic mass is 16.5. The number of hydrogen-bond donors (Lipinski definition) is 1. The quantitative estimate of drug-likeness (QED) is 0.606. The highest BCUT2D eigenvalue weighted by Crippen LogP contribution is 2.08. The number of hydrogen-bond acceptors (Lipinski definition) is 3. The zero-order valence-electron chi connectivity index (χ0n) is 10.4. The number of carbonyl (C=O) groups is 1. The van der Waals surface area contributed by atoms with Crippen molar-refractivity contribution < 1.29 is 9.53 Å². The van der Waals surface area contributed by atoms with E-state index in [0.29, 0.717) is 12.2 Å². The molecule has 1 aromatic carbocycles. The van der Waals surface area contributed by atoms with Crippen molar-refractivity contribution in [2.75, 3.05) is 20.2 Å². The van der Waals surface area contributed by atoms with Gasteiger partial charge in [-0.3, -0.25) is 0 Å². The maximum atomic E-state index is 11.5. The lowest BCUT2D eigenvalue weighted by atomic mass is 10.1. The first-order valence-corrected chi connectivity index (χ1v) is 5.86. The van der Waals surface area contributed by atoms with Gasteiger partial charge in [-0.15, -0.1) is 0 Å². The third kappa shape index (κ3) is 4.83. The van der Waals surface area contributed by atoms with E-state index in [4.69, 9.17) is 4.74 Å². The summed E-state index contributed by atoms with van der Waals surface area (Å²) in [4.78, 5) is 11.5. The molecule has 17 heavy (non-hydrogen) atoms. The van der Waals surface area contributed by atoms with Crippen molar-refractivity contribution in [3.8, 4) is 0 Å². The summed E-state index contributed by atoms with van der Waals surface area (Å²) in [7, 11) is 1.93. The van der Waals surface area contributed by atoms with E-state index in [9.17, 15) is 4.79 Å². The molecule has 0 atom stereocenters. The molecule has 0 amide bonds. The van der Waals surface area contributed by atoms with Crippen LogP contribution in [0, 0.1) is 0 Å². The molecule has 3 heteroatoms. The Morgan fingerprint density at radius 3 is 3.00 bits per heavy atom. The van der Waals surface area contributed by atoms with Gasteiger partial charge >= 0.3 is 5.97 Å². The molecule has 0 aliphatic heterocycles. The molecular weight excluding hydrogens is 214 g/mol. The average Bonchev–Trinajstić information content (AvgIpc) is 2.35. The minimum Gasteiger partial charge on any atom is -0.462 e. The van der Waals surface area contributed by atoms with E-state index in [1.54, 1.807) is 13.0 Å². The third-order valence-electron chi connectivity index (χ3n) is 2.27. The first-order valence-electron chi connectivity index (χ1n) is 5.86. The van der Waals surface area contributed by atoms with E-state index in [0.717, 1.165) is 18.5 Å². The summed E-state index contributed by atoms with van der Waals surface area (Å²) in [6, 6.07) is 7.44. The second-order valence-corrected chi connectivity index (χ2v) is 3.64. The lowest BCUT2D eigenvalue weighted by molar-refractivity contribution is 0.0526. The summed E-state index contributed by atoms with van der Waals surface area (Å²) in [6.07, 6.45) is 5.07. The van der Waals surface area contributed by atoms with Crippen LogP contribution < -0.4 is 5.32 Å². The Labute approximate surface area is 102 Å². The van der Waals surface area contributed by atoms with Crippen LogP contribution in [-0.4, -0.2) is 26.2 Å². The lowest BCUT2D eigenvalue weighted by Gasteiger charge is -2.02. The Morgan fingerprint density at radius 1 is 1.47 bits per heavy atom. The van der Waals surface area contributed by atoms with Gasteiger partial charge in [0.2, 0.25) is 0 Å². The van der Waals surface area contributed by atoms with E-state index in [2.05, 4.69) is 11.4 Å². The van der Waals surface area contributed by atoms with Gasteiger partial charge in [-0.2, -0.15) is 0 Å². The van der Waals surface area contributed by atoms with E-state index in [-0.39, 0.29) is 5.97 Å². The van der Waals surface area contributed by atoms with E-state index >= 15 is 0 Å². The number of benzene rings is 1. The molecule has 0 saturated heterocycles. The van der Waals surface area contributed by atoms with Crippen molar-refractivity contribution in [3.63, 3.8) is 0 Å². The fourth-order valence-electron chi connectivity index (χ4n) is 1.43. The molecule has 3 nitrogen and oxygen atoms in total. The van der Waals surface area contributed by atoms with E-state index in [1.807, 2.05) is 31.3 Å². The Kier molecular flexibility index (Phi) is 6.04. The fraction of sp³-hybridized carbons (Fsp3) is 0.357. The normalized spacial score (nSPS) is 10.7. The Hall–Kier alpha value is -1.61. The Balaban J connectivity index is 2.65. The number of esters is 1. The molecule has 1 N–H and O–H groups in total. The standard InChI is InChI=1S/C14H19NO2/c1-3-17-14(16)13-9-6-8-12(11-13)7-4-5-10-15-2/h4,6-9,11,15H,3,5,10H2,1-2H3. The summed E-state index contributed by atoms with van der Waals surface area (Å²) in [5, 5.41) is 3.07. The Bertz CT molecular complexity index is 386. The van der Waals surface area contributed by atoms with Crippen LogP contribution in [-0.2, 0) is 4.74 Å². The van der Waals surface area contributed by atoms with Crippen LogP contribution in [0.1, 0.15) is 29.3 Å². The second-order valence-electron chi connectivity index (χ2n) is 3.64. The van der Waals surface area contributed by atoms with Gasteiger partial charge in [-0.1, -0.05) is 24.3 Å². The summed E-state index contributed by atoms with van der Waals surface area (Å²) in [5.41, 5.74) is 1.62. The molecule has 92 valence electrons. The molecule has 0 saturated carbocycles. The summed E-state index contributed by atoms with van der Waals surface area (Å²) < 4.78 is 4.95. The van der Waals surface area contributed by atoms with Crippen LogP contribution in [0.15, 0.2) is 30.3 Å². The average molecular weight is 233 g/mol.